The second kappa shape index (κ2) is 5.76. The minimum Gasteiger partial charge on any atom is -0.465 e. The molecule has 0 saturated heterocycles. The fourth-order valence-corrected chi connectivity index (χ4v) is 3.93. The molecule has 0 radical (unpaired) electrons. The van der Waals surface area contributed by atoms with Gasteiger partial charge >= 0.3 is 5.97 Å². The Morgan fingerprint density at radius 2 is 1.79 bits per heavy atom. The third-order valence-electron chi connectivity index (χ3n) is 3.91. The van der Waals surface area contributed by atoms with Crippen LogP contribution in [-0.2, 0) is 21.3 Å². The van der Waals surface area contributed by atoms with E-state index in [1.54, 1.807) is 12.1 Å². The van der Waals surface area contributed by atoms with Crippen LogP contribution in [0.2, 0.25) is 0 Å². The molecule has 2 aromatic carbocycles. The van der Waals surface area contributed by atoms with Gasteiger partial charge in [-0.05, 0) is 42.8 Å². The first kappa shape index (κ1) is 16.2. The van der Waals surface area contributed by atoms with Crippen LogP contribution in [0.25, 0.3) is 0 Å². The molecule has 0 atom stereocenters. The summed E-state index contributed by atoms with van der Waals surface area (Å²) in [5, 5.41) is 0. The Morgan fingerprint density at radius 1 is 1.12 bits per heavy atom. The molecule has 0 aromatic heterocycles. The molecule has 1 heterocycles. The van der Waals surface area contributed by atoms with Gasteiger partial charge in [0.15, 0.2) is 0 Å². The van der Waals surface area contributed by atoms with Crippen molar-refractivity contribution in [2.45, 2.75) is 18.4 Å². The van der Waals surface area contributed by atoms with Crippen molar-refractivity contribution in [3.8, 4) is 0 Å². The maximum absolute atomic E-state index is 12.7. The monoisotopic (exact) mass is 345 g/mol. The van der Waals surface area contributed by atoms with Crippen LogP contribution in [0.15, 0.2) is 47.4 Å². The van der Waals surface area contributed by atoms with Crippen LogP contribution >= 0.6 is 0 Å². The summed E-state index contributed by atoms with van der Waals surface area (Å²) >= 11 is 0. The maximum atomic E-state index is 12.7. The highest BCUT2D eigenvalue weighted by Gasteiger charge is 2.37. The number of hydrogen-bond acceptors (Lipinski definition) is 5. The van der Waals surface area contributed by atoms with Crippen molar-refractivity contribution in [2.75, 3.05) is 7.11 Å². The van der Waals surface area contributed by atoms with E-state index >= 15 is 0 Å². The number of hydrogen-bond donors (Lipinski definition) is 0. The van der Waals surface area contributed by atoms with E-state index < -0.39 is 21.9 Å². The number of rotatable bonds is 3. The molecule has 2 aromatic rings. The summed E-state index contributed by atoms with van der Waals surface area (Å²) < 4.78 is 30.9. The smallest absolute Gasteiger partial charge is 0.337 e. The summed E-state index contributed by atoms with van der Waals surface area (Å²) in [5.74, 6) is -1.13. The summed E-state index contributed by atoms with van der Waals surface area (Å²) in [6, 6.07) is 10.7. The van der Waals surface area contributed by atoms with Crippen molar-refractivity contribution in [1.29, 1.82) is 0 Å². The van der Waals surface area contributed by atoms with E-state index in [2.05, 4.69) is 4.74 Å². The Balaban J connectivity index is 1.98. The molecule has 1 amide bonds. The normalized spacial score (nSPS) is 13.8. The molecule has 0 spiro atoms. The average Bonchev–Trinajstić information content (AvgIpc) is 2.91. The molecular weight excluding hydrogens is 330 g/mol. The van der Waals surface area contributed by atoms with Gasteiger partial charge in [0.1, 0.15) is 0 Å². The molecule has 0 fully saturated rings. The molecule has 6 nitrogen and oxygen atoms in total. The molecule has 0 aliphatic carbocycles. The van der Waals surface area contributed by atoms with Gasteiger partial charge in [0.2, 0.25) is 0 Å². The number of carbonyl (C=O) groups is 2. The number of nitrogens with zero attached hydrogens (tertiary/aromatic N) is 1. The van der Waals surface area contributed by atoms with Gasteiger partial charge < -0.3 is 4.74 Å². The number of esters is 1. The molecule has 3 rings (SSSR count). The highest BCUT2D eigenvalue weighted by atomic mass is 32.2. The lowest BCUT2D eigenvalue weighted by atomic mass is 10.1. The van der Waals surface area contributed by atoms with Gasteiger partial charge in [0.05, 0.1) is 24.1 Å². The molecule has 1 aliphatic rings. The summed E-state index contributed by atoms with van der Waals surface area (Å²) in [6.07, 6.45) is 0. The van der Waals surface area contributed by atoms with E-state index in [1.165, 1.54) is 37.4 Å². The summed E-state index contributed by atoms with van der Waals surface area (Å²) in [5.41, 5.74) is 1.96. The lowest BCUT2D eigenvalue weighted by molar-refractivity contribution is 0.0600. The van der Waals surface area contributed by atoms with Crippen LogP contribution in [0.3, 0.4) is 0 Å². The number of benzene rings is 2. The van der Waals surface area contributed by atoms with E-state index in [0.29, 0.717) is 5.56 Å². The van der Waals surface area contributed by atoms with Crippen LogP contribution in [0.5, 0.6) is 0 Å². The van der Waals surface area contributed by atoms with E-state index in [9.17, 15) is 18.0 Å². The molecule has 0 N–H and O–H groups in total. The topological polar surface area (TPSA) is 80.8 Å². The first-order valence-electron chi connectivity index (χ1n) is 7.19. The molecule has 1 aliphatic heterocycles. The largest absolute Gasteiger partial charge is 0.465 e. The van der Waals surface area contributed by atoms with Crippen LogP contribution in [0, 0.1) is 6.92 Å². The molecule has 0 unspecified atom stereocenters. The summed E-state index contributed by atoms with van der Waals surface area (Å²) in [6.45, 7) is 1.75. The Hall–Kier alpha value is -2.67. The number of aryl methyl sites for hydroxylation is 1. The minimum atomic E-state index is -3.94. The van der Waals surface area contributed by atoms with Crippen LogP contribution < -0.4 is 0 Å². The Bertz CT molecular complexity index is 932. The summed E-state index contributed by atoms with van der Waals surface area (Å²) in [7, 11) is -2.68. The average molecular weight is 345 g/mol. The van der Waals surface area contributed by atoms with Gasteiger partial charge in [0.25, 0.3) is 15.9 Å². The maximum Gasteiger partial charge on any atom is 0.337 e. The van der Waals surface area contributed by atoms with Crippen molar-refractivity contribution < 1.29 is 22.7 Å². The molecular formula is C17H15NO5S. The van der Waals surface area contributed by atoms with E-state index in [-0.39, 0.29) is 22.6 Å². The van der Waals surface area contributed by atoms with Crippen LogP contribution in [0.1, 0.15) is 31.8 Å². The van der Waals surface area contributed by atoms with Gasteiger partial charge in [0, 0.05) is 5.56 Å². The van der Waals surface area contributed by atoms with Crippen LogP contribution in [-0.4, -0.2) is 31.7 Å². The van der Waals surface area contributed by atoms with E-state index in [4.69, 9.17) is 0 Å². The SMILES string of the molecule is COC(=O)c1ccc2c(c1)CN(S(=O)(=O)c1ccc(C)cc1)C2=O. The van der Waals surface area contributed by atoms with Gasteiger partial charge in [-0.2, -0.15) is 0 Å². The zero-order valence-corrected chi connectivity index (χ0v) is 14.0. The highest BCUT2D eigenvalue weighted by Crippen LogP contribution is 2.29. The predicted molar refractivity (Wildman–Crippen MR) is 86.0 cm³/mol. The third kappa shape index (κ3) is 2.56. The van der Waals surface area contributed by atoms with Crippen molar-refractivity contribution in [3.05, 3.63) is 64.7 Å². The van der Waals surface area contributed by atoms with E-state index in [1.807, 2.05) is 6.92 Å². The number of sulfonamides is 1. The predicted octanol–water partition coefficient (Wildman–Crippen LogP) is 2.13. The first-order valence-corrected chi connectivity index (χ1v) is 8.63. The molecule has 0 bridgehead atoms. The summed E-state index contributed by atoms with van der Waals surface area (Å²) in [4.78, 5) is 24.1. The Morgan fingerprint density at radius 3 is 2.42 bits per heavy atom. The van der Waals surface area contributed by atoms with Crippen molar-refractivity contribution in [3.63, 3.8) is 0 Å². The van der Waals surface area contributed by atoms with Gasteiger partial charge in [-0.15, -0.1) is 0 Å². The quantitative estimate of drug-likeness (QED) is 0.796. The fraction of sp³-hybridized carbons (Fsp3) is 0.176. The zero-order chi connectivity index (χ0) is 17.5. The Kier molecular flexibility index (Phi) is 3.88. The van der Waals surface area contributed by atoms with Crippen molar-refractivity contribution >= 4 is 21.9 Å². The third-order valence-corrected chi connectivity index (χ3v) is 5.65. The van der Waals surface area contributed by atoms with Gasteiger partial charge in [-0.3, -0.25) is 4.79 Å². The number of amides is 1. The number of fused-ring (bicyclic) bond motifs is 1. The van der Waals surface area contributed by atoms with Gasteiger partial charge in [-0.1, -0.05) is 17.7 Å². The zero-order valence-electron chi connectivity index (χ0n) is 13.1. The first-order chi connectivity index (χ1) is 11.3. The number of ether oxygens (including phenoxy) is 1. The van der Waals surface area contributed by atoms with Crippen molar-refractivity contribution in [2.24, 2.45) is 0 Å². The highest BCUT2D eigenvalue weighted by molar-refractivity contribution is 7.89. The lowest BCUT2D eigenvalue weighted by Gasteiger charge is -2.16. The number of methoxy groups -OCH3 is 1. The lowest BCUT2D eigenvalue weighted by Crippen LogP contribution is -2.31. The van der Waals surface area contributed by atoms with Gasteiger partial charge in [-0.25, -0.2) is 17.5 Å². The standard InChI is InChI=1S/C17H15NO5S/c1-11-3-6-14(7-4-11)24(21,22)18-10-13-9-12(17(20)23-2)5-8-15(13)16(18)19/h3-9H,10H2,1-2H3. The Labute approximate surface area is 139 Å². The van der Waals surface area contributed by atoms with Crippen LogP contribution in [0.4, 0.5) is 0 Å². The minimum absolute atomic E-state index is 0.0578. The van der Waals surface area contributed by atoms with Crippen molar-refractivity contribution in [1.82, 2.24) is 4.31 Å². The number of carbonyl (C=O) groups excluding carboxylic acids is 2. The molecule has 24 heavy (non-hydrogen) atoms. The molecule has 0 saturated carbocycles. The second-order valence-corrected chi connectivity index (χ2v) is 7.36. The molecule has 124 valence electrons. The van der Waals surface area contributed by atoms with E-state index in [0.717, 1.165) is 9.87 Å². The molecule has 7 heteroatoms. The fourth-order valence-electron chi connectivity index (χ4n) is 2.57. The second-order valence-electron chi connectivity index (χ2n) is 5.49.